The second kappa shape index (κ2) is 10.4. The van der Waals surface area contributed by atoms with Gasteiger partial charge in [-0.2, -0.15) is 0 Å². The molecule has 0 bridgehead atoms. The maximum atomic E-state index is 11.8. The Kier molecular flexibility index (Phi) is 6.75. The van der Waals surface area contributed by atoms with Gasteiger partial charge in [0.05, 0.1) is 11.1 Å². The fourth-order valence-corrected chi connectivity index (χ4v) is 7.36. The number of nitrogens with zero attached hydrogens (tertiary/aromatic N) is 3. The molecular formula is C34H39N3O4. The average Bonchev–Trinajstić information content (AvgIpc) is 3.58. The molecule has 0 amide bonds. The van der Waals surface area contributed by atoms with Gasteiger partial charge in [0, 0.05) is 51.0 Å². The smallest absolute Gasteiger partial charge is 0.311 e. The van der Waals surface area contributed by atoms with E-state index in [9.17, 15) is 9.90 Å². The normalized spacial score (nSPS) is 24.1. The van der Waals surface area contributed by atoms with E-state index in [4.69, 9.17) is 14.5 Å². The summed E-state index contributed by atoms with van der Waals surface area (Å²) < 4.78 is 12.2. The molecule has 3 aliphatic heterocycles. The molecule has 214 valence electrons. The molecule has 2 saturated heterocycles. The Hall–Kier alpha value is -3.42. The van der Waals surface area contributed by atoms with Crippen molar-refractivity contribution < 1.29 is 19.4 Å². The highest BCUT2D eigenvalue weighted by atomic mass is 16.5. The molecule has 1 aromatic heterocycles. The topological polar surface area (TPSA) is 75.1 Å². The predicted octanol–water partition coefficient (Wildman–Crippen LogP) is 5.39. The number of para-hydroxylation sites is 1. The molecule has 7 rings (SSSR count). The molecule has 3 aromatic rings. The van der Waals surface area contributed by atoms with Crippen LogP contribution in [0.4, 0.5) is 5.82 Å². The van der Waals surface area contributed by atoms with Crippen LogP contribution in [0.15, 0.2) is 48.5 Å². The molecule has 41 heavy (non-hydrogen) atoms. The van der Waals surface area contributed by atoms with E-state index in [-0.39, 0.29) is 5.92 Å². The number of carboxylic acids is 1. The average molecular weight is 554 g/mol. The highest BCUT2D eigenvalue weighted by Gasteiger charge is 2.65. The minimum absolute atomic E-state index is 0.230. The van der Waals surface area contributed by atoms with Crippen molar-refractivity contribution in [2.75, 3.05) is 37.7 Å². The Morgan fingerprint density at radius 2 is 1.95 bits per heavy atom. The number of carbonyl (C=O) groups is 1. The number of aryl methyl sites for hydroxylation is 1. The first kappa shape index (κ1) is 26.5. The molecule has 1 N–H and O–H groups in total. The third-order valence-corrected chi connectivity index (χ3v) is 10.0. The molecule has 3 fully saturated rings. The Labute approximate surface area is 242 Å². The second-order valence-corrected chi connectivity index (χ2v) is 12.4. The zero-order chi connectivity index (χ0) is 28.1. The van der Waals surface area contributed by atoms with Crippen LogP contribution < -0.4 is 9.64 Å². The number of aromatic nitrogens is 1. The van der Waals surface area contributed by atoms with Gasteiger partial charge in [-0.1, -0.05) is 30.3 Å². The van der Waals surface area contributed by atoms with Gasteiger partial charge in [-0.05, 0) is 91.5 Å². The Morgan fingerprint density at radius 1 is 1.12 bits per heavy atom. The van der Waals surface area contributed by atoms with E-state index in [1.165, 1.54) is 22.3 Å². The summed E-state index contributed by atoms with van der Waals surface area (Å²) in [5.74, 6) is 1.24. The maximum absolute atomic E-state index is 11.8. The zero-order valence-corrected chi connectivity index (χ0v) is 24.1. The number of hydrogen-bond donors (Lipinski definition) is 1. The summed E-state index contributed by atoms with van der Waals surface area (Å²) in [6.07, 6.45) is 4.14. The van der Waals surface area contributed by atoms with Crippen LogP contribution >= 0.6 is 0 Å². The molecule has 0 spiro atoms. The van der Waals surface area contributed by atoms with E-state index >= 15 is 0 Å². The van der Waals surface area contributed by atoms with Crippen LogP contribution in [-0.2, 0) is 29.1 Å². The van der Waals surface area contributed by atoms with Gasteiger partial charge in [0.2, 0.25) is 0 Å². The van der Waals surface area contributed by atoms with Crippen molar-refractivity contribution in [2.45, 2.75) is 58.7 Å². The quantitative estimate of drug-likeness (QED) is 0.420. The van der Waals surface area contributed by atoms with Gasteiger partial charge in [-0.25, -0.2) is 4.98 Å². The number of fused-ring (bicyclic) bond motifs is 2. The van der Waals surface area contributed by atoms with E-state index in [0.717, 1.165) is 86.9 Å². The molecule has 1 saturated carbocycles. The predicted molar refractivity (Wildman–Crippen MR) is 158 cm³/mol. The first-order valence-corrected chi connectivity index (χ1v) is 15.0. The maximum Gasteiger partial charge on any atom is 0.311 e. The Bertz CT molecular complexity index is 1480. The molecule has 2 atom stereocenters. The van der Waals surface area contributed by atoms with Crippen molar-refractivity contribution in [3.8, 4) is 17.0 Å². The van der Waals surface area contributed by atoms with Gasteiger partial charge in [0.25, 0.3) is 0 Å². The van der Waals surface area contributed by atoms with Crippen LogP contribution in [0.3, 0.4) is 0 Å². The third kappa shape index (κ3) is 4.79. The minimum atomic E-state index is -0.676. The van der Waals surface area contributed by atoms with Crippen molar-refractivity contribution in [1.29, 1.82) is 0 Å². The van der Waals surface area contributed by atoms with E-state index in [0.29, 0.717) is 19.2 Å². The number of hydrogen-bond acceptors (Lipinski definition) is 6. The van der Waals surface area contributed by atoms with Gasteiger partial charge < -0.3 is 19.5 Å². The lowest BCUT2D eigenvalue weighted by atomic mass is 9.90. The van der Waals surface area contributed by atoms with E-state index in [1.807, 2.05) is 24.3 Å². The number of pyridine rings is 1. The van der Waals surface area contributed by atoms with Gasteiger partial charge in [-0.3, -0.25) is 9.69 Å². The van der Waals surface area contributed by atoms with E-state index in [1.54, 1.807) is 0 Å². The number of carboxylic acid groups (broad SMARTS) is 1. The fourth-order valence-electron chi connectivity index (χ4n) is 7.36. The molecular weight excluding hydrogens is 514 g/mol. The van der Waals surface area contributed by atoms with Crippen LogP contribution in [-0.4, -0.2) is 59.8 Å². The molecule has 2 aromatic carbocycles. The lowest BCUT2D eigenvalue weighted by Gasteiger charge is -2.38. The van der Waals surface area contributed by atoms with Crippen molar-refractivity contribution in [3.63, 3.8) is 0 Å². The van der Waals surface area contributed by atoms with Crippen molar-refractivity contribution in [2.24, 2.45) is 11.3 Å². The molecule has 1 aliphatic carbocycles. The minimum Gasteiger partial charge on any atom is -0.488 e. The first-order chi connectivity index (χ1) is 19.9. The van der Waals surface area contributed by atoms with Crippen LogP contribution in [0.2, 0.25) is 0 Å². The van der Waals surface area contributed by atoms with Crippen LogP contribution in [0.25, 0.3) is 11.3 Å². The standard InChI is InChI=1S/C34H39N3O4/c1-22-5-3-6-29(30-7-4-8-31(35-30)37-19-26-17-34(26,21-37)33(38)39)32(22)41-20-25-10-9-24-18-36(14-11-28(24)23(25)2)27-12-15-40-16-13-27/h3-10,26-27H,11-21H2,1-2H3,(H,38,39)/t26-,34-/m0/s1. The van der Waals surface area contributed by atoms with Gasteiger partial charge in [0.15, 0.2) is 0 Å². The Balaban J connectivity index is 1.09. The number of piperidine rings is 1. The highest BCUT2D eigenvalue weighted by Crippen LogP contribution is 2.58. The third-order valence-electron chi connectivity index (χ3n) is 10.0. The molecule has 4 aliphatic rings. The monoisotopic (exact) mass is 553 g/mol. The van der Waals surface area contributed by atoms with Crippen LogP contribution in [0, 0.1) is 25.2 Å². The lowest BCUT2D eigenvalue weighted by molar-refractivity contribution is -0.143. The molecule has 4 heterocycles. The van der Waals surface area contributed by atoms with Crippen molar-refractivity contribution >= 4 is 11.8 Å². The number of benzene rings is 2. The van der Waals surface area contributed by atoms with Crippen LogP contribution in [0.5, 0.6) is 5.75 Å². The number of anilines is 1. The fraction of sp³-hybridized carbons (Fsp3) is 0.471. The van der Waals surface area contributed by atoms with Gasteiger partial charge in [-0.15, -0.1) is 0 Å². The second-order valence-electron chi connectivity index (χ2n) is 12.4. The summed E-state index contributed by atoms with van der Waals surface area (Å²) in [6, 6.07) is 17.4. The van der Waals surface area contributed by atoms with E-state index < -0.39 is 11.4 Å². The summed E-state index contributed by atoms with van der Waals surface area (Å²) in [5, 5.41) is 9.71. The van der Waals surface area contributed by atoms with E-state index in [2.05, 4.69) is 47.9 Å². The SMILES string of the molecule is Cc1cccc(-c2cccc(N3C[C@@H]4C[C@]4(C(=O)O)C3)n2)c1OCc1ccc2c(c1C)CCN(C1CCOCC1)C2. The first-order valence-electron chi connectivity index (χ1n) is 15.0. The summed E-state index contributed by atoms with van der Waals surface area (Å²) >= 11 is 0. The molecule has 0 unspecified atom stereocenters. The number of rotatable bonds is 7. The van der Waals surface area contributed by atoms with Crippen molar-refractivity contribution in [1.82, 2.24) is 9.88 Å². The molecule has 7 nitrogen and oxygen atoms in total. The summed E-state index contributed by atoms with van der Waals surface area (Å²) in [5.41, 5.74) is 7.82. The lowest BCUT2D eigenvalue weighted by Crippen LogP contribution is -2.42. The largest absolute Gasteiger partial charge is 0.488 e. The number of ether oxygens (including phenoxy) is 2. The van der Waals surface area contributed by atoms with Crippen molar-refractivity contribution in [3.05, 3.63) is 76.3 Å². The van der Waals surface area contributed by atoms with Gasteiger partial charge >= 0.3 is 5.97 Å². The summed E-state index contributed by atoms with van der Waals surface area (Å²) in [4.78, 5) is 21.6. The van der Waals surface area contributed by atoms with Crippen LogP contribution in [0.1, 0.15) is 47.1 Å². The number of aliphatic carboxylic acids is 1. The highest BCUT2D eigenvalue weighted by molar-refractivity contribution is 5.81. The Morgan fingerprint density at radius 3 is 2.76 bits per heavy atom. The molecule has 0 radical (unpaired) electrons. The molecule has 7 heteroatoms. The zero-order valence-electron chi connectivity index (χ0n) is 24.1. The van der Waals surface area contributed by atoms with Gasteiger partial charge in [0.1, 0.15) is 18.2 Å². The summed E-state index contributed by atoms with van der Waals surface area (Å²) in [6.45, 7) is 10.0. The summed E-state index contributed by atoms with van der Waals surface area (Å²) in [7, 11) is 0.